The second-order valence-electron chi connectivity index (χ2n) is 2.44. The summed E-state index contributed by atoms with van der Waals surface area (Å²) >= 11 is 5.41. The van der Waals surface area contributed by atoms with Gasteiger partial charge in [-0.3, -0.25) is 9.36 Å². The number of hydrogen-bond acceptors (Lipinski definition) is 2. The largest absolute Gasteiger partial charge is 0.328 e. The van der Waals surface area contributed by atoms with Crippen molar-refractivity contribution < 1.29 is 0 Å². The van der Waals surface area contributed by atoms with Gasteiger partial charge < -0.3 is 4.98 Å². The van der Waals surface area contributed by atoms with Crippen molar-refractivity contribution in [2.45, 2.75) is 13.5 Å². The fraction of sp³-hybridized carbons (Fsp3) is 0.429. The summed E-state index contributed by atoms with van der Waals surface area (Å²) in [5.74, 6) is 0.256. The fourth-order valence-electron chi connectivity index (χ4n) is 0.932. The molecule has 1 N–H and O–H groups in total. The molecule has 0 atom stereocenters. The Morgan fingerprint density at radius 3 is 2.75 bits per heavy atom. The van der Waals surface area contributed by atoms with Gasteiger partial charge in [-0.25, -0.2) is 4.79 Å². The third-order valence-corrected chi connectivity index (χ3v) is 1.63. The molecule has 5 heteroatoms. The zero-order valence-electron chi connectivity index (χ0n) is 6.63. The second-order valence-corrected chi connectivity index (χ2v) is 2.81. The summed E-state index contributed by atoms with van der Waals surface area (Å²) in [5, 5.41) is 0. The Balaban J connectivity index is 3.29. The predicted octanol–water partition coefficient (Wildman–Crippen LogP) is 0.0838. The molecule has 0 saturated heterocycles. The van der Waals surface area contributed by atoms with Gasteiger partial charge in [-0.2, -0.15) is 0 Å². The second kappa shape index (κ2) is 3.58. The first-order chi connectivity index (χ1) is 5.65. The van der Waals surface area contributed by atoms with Gasteiger partial charge in [0.15, 0.2) is 0 Å². The van der Waals surface area contributed by atoms with Crippen LogP contribution in [0.5, 0.6) is 0 Å². The van der Waals surface area contributed by atoms with E-state index in [-0.39, 0.29) is 18.0 Å². The molecule has 1 aromatic rings. The van der Waals surface area contributed by atoms with E-state index in [2.05, 4.69) is 4.98 Å². The number of halogens is 1. The summed E-state index contributed by atoms with van der Waals surface area (Å²) in [7, 11) is 0. The minimum Gasteiger partial charge on any atom is -0.311 e. The Bertz CT molecular complexity index is 348. The third-order valence-electron chi connectivity index (χ3n) is 1.46. The van der Waals surface area contributed by atoms with E-state index in [1.54, 1.807) is 6.92 Å². The summed E-state index contributed by atoms with van der Waals surface area (Å²) < 4.78 is 1.07. The third kappa shape index (κ3) is 1.76. The number of H-pyrrole nitrogens is 1. The first-order valence-electron chi connectivity index (χ1n) is 3.52. The Labute approximate surface area is 73.8 Å². The normalized spacial score (nSPS) is 10.2. The molecule has 0 spiro atoms. The monoisotopic (exact) mass is 188 g/mol. The van der Waals surface area contributed by atoms with E-state index in [9.17, 15) is 9.59 Å². The number of nitrogens with zero attached hydrogens (tertiary/aromatic N) is 1. The first kappa shape index (κ1) is 9.06. The van der Waals surface area contributed by atoms with Crippen molar-refractivity contribution in [3.05, 3.63) is 32.6 Å². The smallest absolute Gasteiger partial charge is 0.311 e. The van der Waals surface area contributed by atoms with E-state index in [0.29, 0.717) is 5.69 Å². The first-order valence-corrected chi connectivity index (χ1v) is 4.05. The summed E-state index contributed by atoms with van der Waals surface area (Å²) in [4.78, 5) is 24.7. The lowest BCUT2D eigenvalue weighted by molar-refractivity contribution is 0.671. The average Bonchev–Trinajstić information content (AvgIpc) is 1.96. The summed E-state index contributed by atoms with van der Waals surface area (Å²) in [6.07, 6.45) is 0. The highest BCUT2D eigenvalue weighted by Crippen LogP contribution is 1.81. The van der Waals surface area contributed by atoms with Crippen molar-refractivity contribution in [3.8, 4) is 0 Å². The van der Waals surface area contributed by atoms with Crippen molar-refractivity contribution in [2.75, 3.05) is 5.88 Å². The highest BCUT2D eigenvalue weighted by atomic mass is 35.5. The number of aromatic nitrogens is 2. The van der Waals surface area contributed by atoms with Gasteiger partial charge in [0.25, 0.3) is 5.56 Å². The zero-order chi connectivity index (χ0) is 9.14. The van der Waals surface area contributed by atoms with Crippen LogP contribution in [0.4, 0.5) is 0 Å². The standard InChI is InChI=1S/C7H9ClN2O2/c1-5-4-6(11)10(3-2-8)7(12)9-5/h4H,2-3H2,1H3,(H,9,12). The Morgan fingerprint density at radius 1 is 1.58 bits per heavy atom. The molecule has 1 rings (SSSR count). The Kier molecular flexibility index (Phi) is 2.70. The van der Waals surface area contributed by atoms with Crippen LogP contribution in [0, 0.1) is 6.92 Å². The van der Waals surface area contributed by atoms with Crippen molar-refractivity contribution >= 4 is 11.6 Å². The minimum atomic E-state index is -0.402. The molecular formula is C7H9ClN2O2. The van der Waals surface area contributed by atoms with Crippen molar-refractivity contribution in [1.29, 1.82) is 0 Å². The van der Waals surface area contributed by atoms with Gasteiger partial charge in [0.2, 0.25) is 0 Å². The van der Waals surface area contributed by atoms with E-state index in [0.717, 1.165) is 4.57 Å². The van der Waals surface area contributed by atoms with Crippen LogP contribution >= 0.6 is 11.6 Å². The summed E-state index contributed by atoms with van der Waals surface area (Å²) in [6.45, 7) is 1.91. The lowest BCUT2D eigenvalue weighted by Gasteiger charge is -2.00. The van der Waals surface area contributed by atoms with Gasteiger partial charge in [-0.15, -0.1) is 11.6 Å². The van der Waals surface area contributed by atoms with Crippen LogP contribution in [0.15, 0.2) is 15.7 Å². The topological polar surface area (TPSA) is 54.9 Å². The molecule has 4 nitrogen and oxygen atoms in total. The molecule has 0 aliphatic carbocycles. The van der Waals surface area contributed by atoms with Crippen LogP contribution in [0.3, 0.4) is 0 Å². The van der Waals surface area contributed by atoms with Gasteiger partial charge in [-0.05, 0) is 6.92 Å². The number of rotatable bonds is 2. The van der Waals surface area contributed by atoms with Crippen LogP contribution in [0.1, 0.15) is 5.69 Å². The van der Waals surface area contributed by atoms with Crippen LogP contribution < -0.4 is 11.2 Å². The number of hydrogen-bond donors (Lipinski definition) is 1. The maximum Gasteiger partial charge on any atom is 0.328 e. The average molecular weight is 189 g/mol. The maximum absolute atomic E-state index is 11.1. The van der Waals surface area contributed by atoms with Crippen LogP contribution in [-0.2, 0) is 6.54 Å². The van der Waals surface area contributed by atoms with Crippen LogP contribution in [0.2, 0.25) is 0 Å². The van der Waals surface area contributed by atoms with E-state index in [4.69, 9.17) is 11.6 Å². The highest BCUT2D eigenvalue weighted by molar-refractivity contribution is 6.17. The van der Waals surface area contributed by atoms with Gasteiger partial charge >= 0.3 is 5.69 Å². The molecule has 0 unspecified atom stereocenters. The minimum absolute atomic E-state index is 0.246. The summed E-state index contributed by atoms with van der Waals surface area (Å²) in [6, 6.07) is 1.37. The number of aryl methyl sites for hydroxylation is 1. The molecule has 0 fully saturated rings. The highest BCUT2D eigenvalue weighted by Gasteiger charge is 1.99. The Hall–Kier alpha value is -1.03. The van der Waals surface area contributed by atoms with Crippen LogP contribution in [-0.4, -0.2) is 15.4 Å². The molecule has 0 amide bonds. The molecule has 0 aromatic carbocycles. The number of nitrogens with one attached hydrogen (secondary N) is 1. The van der Waals surface area contributed by atoms with Gasteiger partial charge in [0.1, 0.15) is 0 Å². The van der Waals surface area contributed by atoms with Crippen molar-refractivity contribution in [2.24, 2.45) is 0 Å². The molecule has 1 aromatic heterocycles. The molecule has 0 aliphatic heterocycles. The molecular weight excluding hydrogens is 180 g/mol. The molecule has 0 bridgehead atoms. The van der Waals surface area contributed by atoms with Crippen molar-refractivity contribution in [3.63, 3.8) is 0 Å². The lowest BCUT2D eigenvalue weighted by atomic mass is 10.4. The molecule has 0 radical (unpaired) electrons. The maximum atomic E-state index is 11.1. The Morgan fingerprint density at radius 2 is 2.25 bits per heavy atom. The van der Waals surface area contributed by atoms with E-state index < -0.39 is 5.69 Å². The predicted molar refractivity (Wildman–Crippen MR) is 46.8 cm³/mol. The molecule has 1 heterocycles. The number of alkyl halides is 1. The molecule has 12 heavy (non-hydrogen) atoms. The fourth-order valence-corrected chi connectivity index (χ4v) is 1.10. The molecule has 0 saturated carbocycles. The quantitative estimate of drug-likeness (QED) is 0.669. The molecule has 66 valence electrons. The number of aromatic amines is 1. The van der Waals surface area contributed by atoms with Gasteiger partial charge in [0, 0.05) is 24.2 Å². The van der Waals surface area contributed by atoms with Gasteiger partial charge in [-0.1, -0.05) is 0 Å². The van der Waals surface area contributed by atoms with E-state index >= 15 is 0 Å². The lowest BCUT2D eigenvalue weighted by Crippen LogP contribution is -2.35. The van der Waals surface area contributed by atoms with Crippen LogP contribution in [0.25, 0.3) is 0 Å². The summed E-state index contributed by atoms with van der Waals surface area (Å²) in [5.41, 5.74) is -0.145. The van der Waals surface area contributed by atoms with Gasteiger partial charge in [0.05, 0.1) is 0 Å². The van der Waals surface area contributed by atoms with E-state index in [1.165, 1.54) is 6.07 Å². The van der Waals surface area contributed by atoms with Crippen molar-refractivity contribution in [1.82, 2.24) is 9.55 Å². The zero-order valence-corrected chi connectivity index (χ0v) is 7.39. The molecule has 0 aliphatic rings. The SMILES string of the molecule is Cc1cc(=O)n(CCCl)c(=O)[nH]1. The van der Waals surface area contributed by atoms with E-state index in [1.807, 2.05) is 0 Å².